The van der Waals surface area contributed by atoms with Crippen LogP contribution in [0.1, 0.15) is 23.7 Å². The maximum Gasteiger partial charge on any atom is 0.173 e. The number of thiocarbonyl (C=S) groups is 1. The Morgan fingerprint density at radius 3 is 2.62 bits per heavy atom. The largest absolute Gasteiger partial charge is 0.346 e. The van der Waals surface area contributed by atoms with Crippen LogP contribution >= 0.6 is 23.8 Å². The topological polar surface area (TPSA) is 54.2 Å². The molecule has 0 aliphatic carbocycles. The number of benzene rings is 1. The summed E-state index contributed by atoms with van der Waals surface area (Å²) in [5.74, 6) is -0.258. The molecule has 0 radical (unpaired) electrons. The lowest BCUT2D eigenvalue weighted by atomic mass is 10.2. The van der Waals surface area contributed by atoms with Gasteiger partial charge in [0.05, 0.1) is 24.6 Å². The van der Waals surface area contributed by atoms with Crippen LogP contribution in [0, 0.1) is 12.7 Å². The van der Waals surface area contributed by atoms with Gasteiger partial charge in [-0.15, -0.1) is 0 Å². The van der Waals surface area contributed by atoms with Crippen molar-refractivity contribution in [1.29, 1.82) is 0 Å². The van der Waals surface area contributed by atoms with Gasteiger partial charge in [-0.1, -0.05) is 17.7 Å². The number of hydrogen-bond donors (Lipinski definition) is 1. The van der Waals surface area contributed by atoms with Gasteiger partial charge in [-0.2, -0.15) is 10.2 Å². The molecule has 1 N–H and O–H groups in total. The average molecular weight is 476 g/mol. The fraction of sp³-hybridized carbons (Fsp3) is 0.409. The lowest BCUT2D eigenvalue weighted by Gasteiger charge is -2.36. The Morgan fingerprint density at radius 2 is 1.94 bits per heavy atom. The highest BCUT2D eigenvalue weighted by atomic mass is 35.5. The summed E-state index contributed by atoms with van der Waals surface area (Å²) in [4.78, 5) is 4.32. The molecule has 32 heavy (non-hydrogen) atoms. The zero-order valence-corrected chi connectivity index (χ0v) is 19.8. The zero-order chi connectivity index (χ0) is 22.7. The van der Waals surface area contributed by atoms with E-state index in [-0.39, 0.29) is 5.82 Å². The van der Waals surface area contributed by atoms with Crippen molar-refractivity contribution in [3.05, 3.63) is 64.5 Å². The molecule has 10 heteroatoms. The van der Waals surface area contributed by atoms with Crippen LogP contribution < -0.4 is 5.32 Å². The highest BCUT2D eigenvalue weighted by Crippen LogP contribution is 2.21. The first-order valence-electron chi connectivity index (χ1n) is 10.7. The SMILES string of the molecule is CCn1ncc(Cn2cc(NC(=S)N3CCN(Cc4c(F)cccc4Cl)CC3)cn2)c1C. The smallest absolute Gasteiger partial charge is 0.173 e. The molecule has 3 heterocycles. The fourth-order valence-electron chi connectivity index (χ4n) is 3.87. The molecule has 0 amide bonds. The number of aromatic nitrogens is 4. The molecule has 4 rings (SSSR count). The molecular weight excluding hydrogens is 449 g/mol. The van der Waals surface area contributed by atoms with E-state index in [1.54, 1.807) is 18.3 Å². The first-order valence-corrected chi connectivity index (χ1v) is 11.5. The molecule has 1 aliphatic rings. The molecule has 3 aromatic rings. The van der Waals surface area contributed by atoms with Crippen LogP contribution in [0.15, 0.2) is 36.8 Å². The van der Waals surface area contributed by atoms with Crippen molar-refractivity contribution >= 4 is 34.6 Å². The Morgan fingerprint density at radius 1 is 1.16 bits per heavy atom. The molecule has 0 spiro atoms. The van der Waals surface area contributed by atoms with Crippen LogP contribution in [0.25, 0.3) is 0 Å². The van der Waals surface area contributed by atoms with E-state index >= 15 is 0 Å². The van der Waals surface area contributed by atoms with Gasteiger partial charge in [0.15, 0.2) is 5.11 Å². The molecule has 170 valence electrons. The van der Waals surface area contributed by atoms with Crippen molar-refractivity contribution in [1.82, 2.24) is 29.4 Å². The van der Waals surface area contributed by atoms with E-state index < -0.39 is 0 Å². The molecule has 1 fully saturated rings. The standard InChI is InChI=1S/C22H27ClFN7S/c1-3-31-16(2)17(11-26-31)13-30-14-18(12-25-30)27-22(32)29-9-7-28(8-10-29)15-19-20(23)5-4-6-21(19)24/h4-6,11-12,14H,3,7-10,13,15H2,1-2H3,(H,27,32). The van der Waals surface area contributed by atoms with Gasteiger partial charge in [-0.25, -0.2) is 4.39 Å². The third-order valence-electron chi connectivity index (χ3n) is 5.82. The number of halogens is 2. The van der Waals surface area contributed by atoms with E-state index in [0.717, 1.165) is 49.7 Å². The predicted molar refractivity (Wildman–Crippen MR) is 128 cm³/mol. The van der Waals surface area contributed by atoms with Gasteiger partial charge in [-0.3, -0.25) is 14.3 Å². The van der Waals surface area contributed by atoms with E-state index in [1.165, 1.54) is 6.07 Å². The average Bonchev–Trinajstić information content (AvgIpc) is 3.37. The summed E-state index contributed by atoms with van der Waals surface area (Å²) in [6.07, 6.45) is 5.62. The van der Waals surface area contributed by atoms with E-state index in [9.17, 15) is 4.39 Å². The van der Waals surface area contributed by atoms with E-state index in [4.69, 9.17) is 23.8 Å². The minimum atomic E-state index is -0.258. The van der Waals surface area contributed by atoms with Gasteiger partial charge >= 0.3 is 0 Å². The lowest BCUT2D eigenvalue weighted by Crippen LogP contribution is -2.49. The summed E-state index contributed by atoms with van der Waals surface area (Å²) in [6.45, 7) is 9.27. The number of aryl methyl sites for hydroxylation is 1. The van der Waals surface area contributed by atoms with Crippen LogP contribution in [0.4, 0.5) is 10.1 Å². The Bertz CT molecular complexity index is 1070. The van der Waals surface area contributed by atoms with Crippen molar-refractivity contribution in [2.45, 2.75) is 33.5 Å². The molecule has 0 bridgehead atoms. The predicted octanol–water partition coefficient (Wildman–Crippen LogP) is 3.76. The number of rotatable bonds is 6. The molecule has 1 saturated heterocycles. The second-order valence-corrected chi connectivity index (χ2v) is 8.69. The second kappa shape index (κ2) is 9.97. The number of anilines is 1. The van der Waals surface area contributed by atoms with Gasteiger partial charge in [0.2, 0.25) is 0 Å². The fourth-order valence-corrected chi connectivity index (χ4v) is 4.39. The number of hydrogen-bond acceptors (Lipinski definition) is 4. The summed E-state index contributed by atoms with van der Waals surface area (Å²) in [5.41, 5.74) is 3.71. The third-order valence-corrected chi connectivity index (χ3v) is 6.54. The Hall–Kier alpha value is -2.49. The maximum atomic E-state index is 14.1. The number of piperazine rings is 1. The van der Waals surface area contributed by atoms with Crippen LogP contribution in [0.3, 0.4) is 0 Å². The van der Waals surface area contributed by atoms with Gasteiger partial charge in [0.1, 0.15) is 5.82 Å². The number of nitrogens with zero attached hydrogens (tertiary/aromatic N) is 6. The van der Waals surface area contributed by atoms with Crippen molar-refractivity contribution in [3.63, 3.8) is 0 Å². The summed E-state index contributed by atoms with van der Waals surface area (Å²) in [5, 5.41) is 13.3. The summed E-state index contributed by atoms with van der Waals surface area (Å²) < 4.78 is 17.9. The molecule has 0 atom stereocenters. The van der Waals surface area contributed by atoms with Crippen LogP contribution in [-0.2, 0) is 19.6 Å². The Balaban J connectivity index is 1.28. The molecule has 2 aromatic heterocycles. The normalized spacial score (nSPS) is 14.7. The maximum absolute atomic E-state index is 14.1. The Kier molecular flexibility index (Phi) is 7.07. The molecular formula is C22H27ClFN7S. The monoisotopic (exact) mass is 475 g/mol. The second-order valence-electron chi connectivity index (χ2n) is 7.89. The molecule has 7 nitrogen and oxygen atoms in total. The first-order chi connectivity index (χ1) is 15.4. The van der Waals surface area contributed by atoms with Gasteiger partial charge in [0.25, 0.3) is 0 Å². The van der Waals surface area contributed by atoms with Gasteiger partial charge in [-0.05, 0) is 38.2 Å². The van der Waals surface area contributed by atoms with E-state index in [1.807, 2.05) is 21.8 Å². The van der Waals surface area contributed by atoms with Crippen molar-refractivity contribution < 1.29 is 4.39 Å². The van der Waals surface area contributed by atoms with Gasteiger partial charge in [0, 0.05) is 67.3 Å². The minimum Gasteiger partial charge on any atom is -0.346 e. The quantitative estimate of drug-likeness (QED) is 0.548. The zero-order valence-electron chi connectivity index (χ0n) is 18.3. The molecule has 1 aromatic carbocycles. The van der Waals surface area contributed by atoms with Crippen molar-refractivity contribution in [2.24, 2.45) is 0 Å². The van der Waals surface area contributed by atoms with Crippen LogP contribution in [0.2, 0.25) is 5.02 Å². The van der Waals surface area contributed by atoms with Crippen LogP contribution in [0.5, 0.6) is 0 Å². The summed E-state index contributed by atoms with van der Waals surface area (Å²) in [7, 11) is 0. The molecule has 0 saturated carbocycles. The van der Waals surface area contributed by atoms with Crippen molar-refractivity contribution in [2.75, 3.05) is 31.5 Å². The van der Waals surface area contributed by atoms with Crippen LogP contribution in [-0.4, -0.2) is 60.7 Å². The van der Waals surface area contributed by atoms with Gasteiger partial charge < -0.3 is 10.2 Å². The highest BCUT2D eigenvalue weighted by molar-refractivity contribution is 7.80. The minimum absolute atomic E-state index is 0.258. The first kappa shape index (κ1) is 22.7. The summed E-state index contributed by atoms with van der Waals surface area (Å²) in [6, 6.07) is 4.81. The highest BCUT2D eigenvalue weighted by Gasteiger charge is 2.21. The number of nitrogens with one attached hydrogen (secondary N) is 1. The Labute approximate surface area is 197 Å². The molecule has 0 unspecified atom stereocenters. The summed E-state index contributed by atoms with van der Waals surface area (Å²) >= 11 is 11.8. The van der Waals surface area contributed by atoms with E-state index in [2.05, 4.69) is 39.2 Å². The van der Waals surface area contributed by atoms with Crippen molar-refractivity contribution in [3.8, 4) is 0 Å². The third kappa shape index (κ3) is 5.11. The van der Waals surface area contributed by atoms with E-state index in [0.29, 0.717) is 28.8 Å². The molecule has 1 aliphatic heterocycles. The lowest BCUT2D eigenvalue weighted by molar-refractivity contribution is 0.175.